The van der Waals surface area contributed by atoms with Gasteiger partial charge >= 0.3 is 21.2 Å². The molecule has 3 unspecified atom stereocenters. The molecule has 1 aliphatic carbocycles. The van der Waals surface area contributed by atoms with E-state index in [1.807, 2.05) is 43.3 Å². The van der Waals surface area contributed by atoms with E-state index in [1.54, 1.807) is 24.3 Å². The molecule has 19 nitrogen and oxygen atoms in total. The van der Waals surface area contributed by atoms with E-state index < -0.39 is 27.3 Å². The molecular formula is C51H59N4O15P2-. The number of benzene rings is 5. The van der Waals surface area contributed by atoms with Crippen LogP contribution in [0, 0.1) is 0 Å². The Morgan fingerprint density at radius 2 is 1.38 bits per heavy atom. The van der Waals surface area contributed by atoms with Gasteiger partial charge in [-0.2, -0.15) is 10.2 Å². The van der Waals surface area contributed by atoms with Gasteiger partial charge in [-0.1, -0.05) is 25.0 Å². The smallest absolute Gasteiger partial charge is 0.336 e. The van der Waals surface area contributed by atoms with Gasteiger partial charge in [-0.25, -0.2) is 4.79 Å². The highest BCUT2D eigenvalue weighted by Crippen LogP contribution is 2.42. The molecule has 21 heteroatoms. The molecule has 1 amide bonds. The normalized spacial score (nSPS) is 13.5. The van der Waals surface area contributed by atoms with Gasteiger partial charge in [0.1, 0.15) is 17.4 Å². The third-order valence-corrected chi connectivity index (χ3v) is 12.0. The van der Waals surface area contributed by atoms with E-state index >= 15 is 0 Å². The molecule has 2 aliphatic rings. The maximum atomic E-state index is 12.9. The molecular weight excluding hydrogens is 971 g/mol. The van der Waals surface area contributed by atoms with Crippen molar-refractivity contribution in [2.45, 2.75) is 51.0 Å². The number of ether oxygens (including phenoxy) is 1. The molecule has 0 spiro atoms. The van der Waals surface area contributed by atoms with Gasteiger partial charge in [-0.15, -0.1) is 5.75 Å². The van der Waals surface area contributed by atoms with E-state index in [-0.39, 0.29) is 70.7 Å². The van der Waals surface area contributed by atoms with Crippen molar-refractivity contribution in [3.8, 4) is 28.2 Å². The maximum absolute atomic E-state index is 12.9. The van der Waals surface area contributed by atoms with Gasteiger partial charge in [0.05, 0.1) is 36.8 Å². The molecule has 3 atom stereocenters. The number of anilines is 1. The van der Waals surface area contributed by atoms with Crippen LogP contribution in [0.25, 0.3) is 33.4 Å². The van der Waals surface area contributed by atoms with Crippen LogP contribution in [0.1, 0.15) is 76.0 Å². The summed E-state index contributed by atoms with van der Waals surface area (Å²) in [4.78, 5) is 69.6. The first-order valence-corrected chi connectivity index (χ1v) is 27.0. The van der Waals surface area contributed by atoms with Crippen molar-refractivity contribution in [3.05, 3.63) is 130 Å². The van der Waals surface area contributed by atoms with E-state index in [4.69, 9.17) is 23.5 Å². The SMILES string of the molecule is CN(C)c1ccc(N=Nc2ccc(C(=O)CCCCOCC(O)COP(C)(=O)O)cc2)cc1.CP(=O)(O)OCCCCCCNC(=O)c1ccc(C(=O)O)c(-c2c3ccc(=O)cc-3oc3cc([O-])ccc23)c1. The summed E-state index contributed by atoms with van der Waals surface area (Å²) in [5, 5.41) is 43.3. The van der Waals surface area contributed by atoms with Gasteiger partial charge in [0.15, 0.2) is 11.2 Å². The summed E-state index contributed by atoms with van der Waals surface area (Å²) in [5.41, 5.74) is 4.32. The van der Waals surface area contributed by atoms with Gasteiger partial charge < -0.3 is 53.5 Å². The van der Waals surface area contributed by atoms with E-state index in [0.29, 0.717) is 73.0 Å². The van der Waals surface area contributed by atoms with Crippen molar-refractivity contribution in [3.63, 3.8) is 0 Å². The van der Waals surface area contributed by atoms with E-state index in [0.717, 1.165) is 37.5 Å². The van der Waals surface area contributed by atoms with E-state index in [9.17, 15) is 43.6 Å². The summed E-state index contributed by atoms with van der Waals surface area (Å²) in [6.45, 7) is 2.89. The predicted octanol–water partition coefficient (Wildman–Crippen LogP) is 9.19. The van der Waals surface area contributed by atoms with E-state index in [1.165, 1.54) is 54.6 Å². The lowest BCUT2D eigenvalue weighted by atomic mass is 9.89. The number of aliphatic hydroxyl groups is 1. The molecule has 0 bridgehead atoms. The van der Waals surface area contributed by atoms with Crippen molar-refractivity contribution >= 4 is 60.9 Å². The quantitative estimate of drug-likeness (QED) is 0.0117. The number of Topliss-reactive ketones (excluding diaryl/α,β-unsaturated/α-hetero) is 1. The largest absolute Gasteiger partial charge is 0.872 e. The van der Waals surface area contributed by atoms with Crippen LogP contribution in [0.15, 0.2) is 123 Å². The molecule has 0 aromatic heterocycles. The maximum Gasteiger partial charge on any atom is 0.336 e. The molecule has 6 rings (SSSR count). The number of ketones is 1. The summed E-state index contributed by atoms with van der Waals surface area (Å²) in [5.74, 6) is -1.68. The lowest BCUT2D eigenvalue weighted by Crippen LogP contribution is -2.24. The Morgan fingerprint density at radius 3 is 2.03 bits per heavy atom. The summed E-state index contributed by atoms with van der Waals surface area (Å²) < 4.78 is 42.7. The highest BCUT2D eigenvalue weighted by Gasteiger charge is 2.23. The summed E-state index contributed by atoms with van der Waals surface area (Å²) >= 11 is 0. The first-order valence-electron chi connectivity index (χ1n) is 23.0. The monoisotopic (exact) mass is 1030 g/mol. The van der Waals surface area contributed by atoms with Crippen LogP contribution in [0.5, 0.6) is 5.75 Å². The Morgan fingerprint density at radius 1 is 0.736 bits per heavy atom. The van der Waals surface area contributed by atoms with Crippen molar-refractivity contribution in [1.82, 2.24) is 5.32 Å². The first kappa shape index (κ1) is 56.5. The molecule has 384 valence electrons. The fourth-order valence-corrected chi connectivity index (χ4v) is 8.03. The number of hydrogen-bond donors (Lipinski definition) is 5. The number of carbonyl (C=O) groups is 3. The van der Waals surface area contributed by atoms with Crippen molar-refractivity contribution < 1.29 is 66.8 Å². The number of rotatable bonds is 25. The molecule has 4 aromatic rings. The third-order valence-electron chi connectivity index (χ3n) is 10.7. The number of carboxylic acids is 1. The predicted molar refractivity (Wildman–Crippen MR) is 272 cm³/mol. The van der Waals surface area contributed by atoms with Crippen LogP contribution < -0.4 is 20.8 Å². The average Bonchev–Trinajstić information content (AvgIpc) is 3.33. The van der Waals surface area contributed by atoms with Crippen LogP contribution in [0.4, 0.5) is 17.1 Å². The second-order valence-corrected chi connectivity index (χ2v) is 20.8. The number of fused-ring (bicyclic) bond motifs is 2. The lowest BCUT2D eigenvalue weighted by molar-refractivity contribution is -0.268. The number of carboxylic acid groups (broad SMARTS) is 1. The number of unbranched alkanes of at least 4 members (excludes halogenated alkanes) is 4. The molecule has 0 saturated heterocycles. The highest BCUT2D eigenvalue weighted by atomic mass is 31.2. The molecule has 1 aliphatic heterocycles. The molecule has 5 N–H and O–H groups in total. The molecule has 0 radical (unpaired) electrons. The summed E-state index contributed by atoms with van der Waals surface area (Å²) in [6.07, 6.45) is 3.57. The minimum Gasteiger partial charge on any atom is -0.872 e. The zero-order valence-corrected chi connectivity index (χ0v) is 42.2. The van der Waals surface area contributed by atoms with Crippen LogP contribution in [0.3, 0.4) is 0 Å². The number of azo groups is 1. The fraction of sp³-hybridized carbons (Fsp3) is 0.333. The zero-order chi connectivity index (χ0) is 52.4. The number of aliphatic hydroxyl groups excluding tert-OH is 1. The third kappa shape index (κ3) is 18.3. The highest BCUT2D eigenvalue weighted by molar-refractivity contribution is 7.52. The number of nitrogens with zero attached hydrogens (tertiary/aromatic N) is 3. The molecule has 0 saturated carbocycles. The van der Waals surface area contributed by atoms with Crippen LogP contribution in [-0.2, 0) is 22.9 Å². The fourth-order valence-electron chi connectivity index (χ4n) is 7.11. The number of amides is 1. The topological polar surface area (TPSA) is 287 Å². The molecule has 4 aromatic carbocycles. The second-order valence-electron chi connectivity index (χ2n) is 17.0. The van der Waals surface area contributed by atoms with Crippen molar-refractivity contribution in [2.75, 3.05) is 65.3 Å². The van der Waals surface area contributed by atoms with Gasteiger partial charge in [-0.05, 0) is 116 Å². The number of hydrogen-bond acceptors (Lipinski definition) is 15. The Hall–Kier alpha value is -6.40. The zero-order valence-electron chi connectivity index (χ0n) is 40.4. The van der Waals surface area contributed by atoms with Crippen molar-refractivity contribution in [2.24, 2.45) is 10.2 Å². The Labute approximate surface area is 416 Å². The molecule has 1 heterocycles. The summed E-state index contributed by atoms with van der Waals surface area (Å²) in [6, 6.07) is 27.3. The second kappa shape index (κ2) is 26.9. The van der Waals surface area contributed by atoms with Gasteiger partial charge in [0, 0.05) is 86.4 Å². The van der Waals surface area contributed by atoms with Crippen LogP contribution >= 0.6 is 15.2 Å². The Balaban J connectivity index is 0.000000272. The molecule has 0 fully saturated rings. The number of aromatic carboxylic acids is 1. The Kier molecular flexibility index (Phi) is 21.1. The van der Waals surface area contributed by atoms with Crippen LogP contribution in [0.2, 0.25) is 0 Å². The van der Waals surface area contributed by atoms with Crippen LogP contribution in [-0.4, -0.2) is 104 Å². The minimum absolute atomic E-state index is 0.00373. The standard InChI is InChI=1S/C28H28NO9P.C23H32N3O6P/c1-39(35,36)37-13-5-3-2-4-12-29-27(32)17-6-9-20(28(33)34)23(14-17)26-21-10-7-18(30)15-24(21)38-25-16-19(31)8-11-22(25)26;1-26(2)21-13-11-20(12-14-21)25-24-19-9-7-18(8-10-19)23(28)6-4-5-15-31-16-22(27)17-32-33(3,29)30/h6-11,14-16,30H,2-5,12-13H2,1H3,(H,29,32)(H,33,34)(H,35,36);7-14,22,27H,4-6,15-17H2,1-3H3,(H,29,30)/p-1. The van der Waals surface area contributed by atoms with Gasteiger partial charge in [0.2, 0.25) is 0 Å². The molecule has 72 heavy (non-hydrogen) atoms. The number of carbonyl (C=O) groups excluding carboxylic acids is 2. The Bertz CT molecular complexity index is 2930. The number of nitrogens with one attached hydrogen (secondary N) is 1. The summed E-state index contributed by atoms with van der Waals surface area (Å²) in [7, 11) is -3.12. The van der Waals surface area contributed by atoms with E-state index in [2.05, 4.69) is 20.1 Å². The first-order chi connectivity index (χ1) is 34.2. The lowest BCUT2D eigenvalue weighted by Gasteiger charge is -2.18. The van der Waals surface area contributed by atoms with Gasteiger partial charge in [0.25, 0.3) is 5.91 Å². The van der Waals surface area contributed by atoms with Crippen molar-refractivity contribution in [1.29, 1.82) is 0 Å². The average molecular weight is 1030 g/mol. The minimum atomic E-state index is -3.60. The van der Waals surface area contributed by atoms with Gasteiger partial charge in [-0.3, -0.25) is 23.5 Å².